The molecule has 3 nitrogen and oxygen atoms in total. The number of carbonyl (C=O) groups is 1. The summed E-state index contributed by atoms with van der Waals surface area (Å²) in [5, 5.41) is 0. The second-order valence-electron chi connectivity index (χ2n) is 4.08. The van der Waals surface area contributed by atoms with Crippen molar-refractivity contribution in [3.63, 3.8) is 0 Å². The van der Waals surface area contributed by atoms with E-state index in [1.807, 2.05) is 0 Å². The third-order valence-corrected chi connectivity index (χ3v) is 2.68. The number of hydrogen-bond donors (Lipinski definition) is 0. The van der Waals surface area contributed by atoms with Gasteiger partial charge in [-0.25, -0.2) is 4.39 Å². The molecule has 0 spiro atoms. The average Bonchev–Trinajstić information content (AvgIpc) is 2.80. The zero-order valence-corrected chi connectivity index (χ0v) is 9.54. The third kappa shape index (κ3) is 2.75. The van der Waals surface area contributed by atoms with E-state index in [9.17, 15) is 18.0 Å². The quantitative estimate of drug-likeness (QED) is 0.834. The Balaban J connectivity index is 2.08. The fraction of sp³-hybridized carbons (Fsp3) is 0.417. The Bertz CT molecular complexity index is 445. The maximum absolute atomic E-state index is 13.6. The van der Waals surface area contributed by atoms with E-state index in [4.69, 9.17) is 0 Å². The predicted octanol–water partition coefficient (Wildman–Crippen LogP) is 2.42. The van der Waals surface area contributed by atoms with Gasteiger partial charge < -0.3 is 9.64 Å². The molecular formula is C12H12F3NO2. The van der Waals surface area contributed by atoms with Gasteiger partial charge in [0, 0.05) is 19.2 Å². The lowest BCUT2D eigenvalue weighted by Gasteiger charge is -2.22. The van der Waals surface area contributed by atoms with Gasteiger partial charge in [-0.05, 0) is 25.0 Å². The van der Waals surface area contributed by atoms with Crippen molar-refractivity contribution in [3.8, 4) is 5.75 Å². The molecule has 1 aromatic carbocycles. The summed E-state index contributed by atoms with van der Waals surface area (Å²) in [5.41, 5.74) is 0. The van der Waals surface area contributed by atoms with Gasteiger partial charge in [0.25, 0.3) is 0 Å². The van der Waals surface area contributed by atoms with Crippen LogP contribution in [-0.4, -0.2) is 30.0 Å². The van der Waals surface area contributed by atoms with Gasteiger partial charge in [-0.2, -0.15) is 8.78 Å². The van der Waals surface area contributed by atoms with Crippen molar-refractivity contribution in [2.45, 2.75) is 19.0 Å². The van der Waals surface area contributed by atoms with E-state index in [-0.39, 0.29) is 5.75 Å². The monoisotopic (exact) mass is 259 g/mol. The Morgan fingerprint density at radius 1 is 1.28 bits per heavy atom. The summed E-state index contributed by atoms with van der Waals surface area (Å²) in [5.74, 6) is -2.44. The first kappa shape index (κ1) is 12.7. The minimum Gasteiger partial charge on any atom is -0.425 e. The number of hydrogen-bond acceptors (Lipinski definition) is 2. The highest BCUT2D eigenvalue weighted by atomic mass is 19.3. The summed E-state index contributed by atoms with van der Waals surface area (Å²) in [6, 6.07) is 4.33. The van der Waals surface area contributed by atoms with Gasteiger partial charge in [0.15, 0.2) is 0 Å². The van der Waals surface area contributed by atoms with Crippen molar-refractivity contribution in [1.82, 2.24) is 4.90 Å². The number of likely N-dealkylation sites (tertiary alicyclic amines) is 1. The smallest absolute Gasteiger partial charge is 0.425 e. The topological polar surface area (TPSA) is 29.5 Å². The summed E-state index contributed by atoms with van der Waals surface area (Å²) in [7, 11) is 0. The lowest BCUT2D eigenvalue weighted by atomic mass is 10.3. The highest BCUT2D eigenvalue weighted by molar-refractivity contribution is 5.82. The fourth-order valence-electron chi connectivity index (χ4n) is 1.83. The largest absolute Gasteiger partial charge is 0.482 e. The number of alkyl halides is 2. The lowest BCUT2D eigenvalue weighted by molar-refractivity contribution is -0.202. The average molecular weight is 259 g/mol. The molecule has 0 radical (unpaired) electrons. The molecule has 6 heteroatoms. The van der Waals surface area contributed by atoms with Gasteiger partial charge in [-0.1, -0.05) is 6.07 Å². The first-order valence-electron chi connectivity index (χ1n) is 5.61. The fourth-order valence-corrected chi connectivity index (χ4v) is 1.83. The van der Waals surface area contributed by atoms with Crippen LogP contribution in [0.15, 0.2) is 24.3 Å². The van der Waals surface area contributed by atoms with Crippen LogP contribution in [0.2, 0.25) is 0 Å². The van der Waals surface area contributed by atoms with Crippen molar-refractivity contribution in [2.75, 3.05) is 13.1 Å². The second kappa shape index (κ2) is 4.88. The van der Waals surface area contributed by atoms with Crippen molar-refractivity contribution in [2.24, 2.45) is 0 Å². The normalized spacial score (nSPS) is 15.8. The highest BCUT2D eigenvalue weighted by Gasteiger charge is 2.46. The molecule has 1 aliphatic rings. The Hall–Kier alpha value is -1.72. The van der Waals surface area contributed by atoms with Crippen LogP contribution in [0.5, 0.6) is 5.75 Å². The van der Waals surface area contributed by atoms with Crippen LogP contribution in [0, 0.1) is 5.82 Å². The minimum absolute atomic E-state index is 0.306. The van der Waals surface area contributed by atoms with Crippen molar-refractivity contribution in [3.05, 3.63) is 30.1 Å². The molecule has 0 unspecified atom stereocenters. The van der Waals surface area contributed by atoms with E-state index in [0.717, 1.165) is 17.0 Å². The molecule has 1 fully saturated rings. The molecule has 1 heterocycles. The second-order valence-corrected chi connectivity index (χ2v) is 4.08. The number of ether oxygens (including phenoxy) is 1. The van der Waals surface area contributed by atoms with Crippen molar-refractivity contribution >= 4 is 5.91 Å². The summed E-state index contributed by atoms with van der Waals surface area (Å²) in [4.78, 5) is 12.6. The number of nitrogens with zero attached hydrogens (tertiary/aromatic N) is 1. The molecule has 1 amide bonds. The van der Waals surface area contributed by atoms with Crippen LogP contribution in [0.4, 0.5) is 13.2 Å². The number of halogens is 3. The van der Waals surface area contributed by atoms with Gasteiger partial charge >= 0.3 is 12.0 Å². The van der Waals surface area contributed by atoms with Crippen molar-refractivity contribution < 1.29 is 22.7 Å². The summed E-state index contributed by atoms with van der Waals surface area (Å²) in [6.07, 6.45) is -2.54. The first-order valence-corrected chi connectivity index (χ1v) is 5.61. The molecule has 0 aliphatic carbocycles. The molecule has 2 rings (SSSR count). The first-order chi connectivity index (χ1) is 8.49. The molecule has 18 heavy (non-hydrogen) atoms. The van der Waals surface area contributed by atoms with Crippen LogP contribution in [0.1, 0.15) is 12.8 Å². The maximum atomic E-state index is 13.6. The zero-order chi connectivity index (χ0) is 13.2. The number of rotatable bonds is 3. The van der Waals surface area contributed by atoms with E-state index >= 15 is 0 Å². The Kier molecular flexibility index (Phi) is 3.45. The minimum atomic E-state index is -3.96. The van der Waals surface area contributed by atoms with E-state index in [2.05, 4.69) is 4.74 Å². The maximum Gasteiger partial charge on any atom is 0.482 e. The molecule has 1 aromatic rings. The molecule has 0 atom stereocenters. The SMILES string of the molecule is O=C(N1CCCC1)C(F)(F)Oc1cccc(F)c1. The number of benzene rings is 1. The van der Waals surface area contributed by atoms with Gasteiger partial charge in [-0.3, -0.25) is 4.79 Å². The Morgan fingerprint density at radius 3 is 2.56 bits per heavy atom. The zero-order valence-electron chi connectivity index (χ0n) is 9.54. The van der Waals surface area contributed by atoms with Gasteiger partial charge in [-0.15, -0.1) is 0 Å². The summed E-state index contributed by atoms with van der Waals surface area (Å²) < 4.78 is 44.2. The van der Waals surface area contributed by atoms with Crippen molar-refractivity contribution in [1.29, 1.82) is 0 Å². The van der Waals surface area contributed by atoms with E-state index < -0.39 is 17.8 Å². The van der Waals surface area contributed by atoms with E-state index in [1.54, 1.807) is 0 Å². The van der Waals surface area contributed by atoms with Crippen LogP contribution >= 0.6 is 0 Å². The third-order valence-electron chi connectivity index (χ3n) is 2.68. The molecule has 98 valence electrons. The van der Waals surface area contributed by atoms with Gasteiger partial charge in [0.05, 0.1) is 0 Å². The standard InChI is InChI=1S/C12H12F3NO2/c13-9-4-3-5-10(8-9)18-12(14,15)11(17)16-6-1-2-7-16/h3-5,8H,1-2,6-7H2. The molecule has 0 aromatic heterocycles. The number of amides is 1. The molecule has 0 N–H and O–H groups in total. The molecule has 0 bridgehead atoms. The van der Waals surface area contributed by atoms with Gasteiger partial charge in [0.1, 0.15) is 11.6 Å². The molecule has 0 saturated carbocycles. The van der Waals surface area contributed by atoms with Crippen LogP contribution in [0.3, 0.4) is 0 Å². The molecule has 1 aliphatic heterocycles. The van der Waals surface area contributed by atoms with Crippen LogP contribution in [-0.2, 0) is 4.79 Å². The van der Waals surface area contributed by atoms with E-state index in [1.165, 1.54) is 12.1 Å². The van der Waals surface area contributed by atoms with Crippen LogP contribution in [0.25, 0.3) is 0 Å². The Morgan fingerprint density at radius 2 is 1.94 bits per heavy atom. The molecular weight excluding hydrogens is 247 g/mol. The summed E-state index contributed by atoms with van der Waals surface area (Å²) in [6.45, 7) is 0.613. The molecule has 1 saturated heterocycles. The number of carbonyl (C=O) groups excluding carboxylic acids is 1. The summed E-state index contributed by atoms with van der Waals surface area (Å²) >= 11 is 0. The predicted molar refractivity (Wildman–Crippen MR) is 57.8 cm³/mol. The van der Waals surface area contributed by atoms with E-state index in [0.29, 0.717) is 25.9 Å². The lowest BCUT2D eigenvalue weighted by Crippen LogP contribution is -2.45. The van der Waals surface area contributed by atoms with Gasteiger partial charge in [0.2, 0.25) is 0 Å². The Labute approximate surface area is 102 Å². The van der Waals surface area contributed by atoms with Crippen LogP contribution < -0.4 is 4.74 Å². The highest BCUT2D eigenvalue weighted by Crippen LogP contribution is 2.25.